The fraction of sp³-hybridized carbons (Fsp3) is 0.875. The monoisotopic (exact) mass is 187 g/mol. The van der Waals surface area contributed by atoms with Crippen LogP contribution in [-0.4, -0.2) is 43.6 Å². The number of likely N-dealkylation sites (tertiary alicyclic amines) is 1. The van der Waals surface area contributed by atoms with E-state index in [4.69, 9.17) is 5.73 Å². The first-order valence-electron chi connectivity index (χ1n) is 4.52. The van der Waals surface area contributed by atoms with Gasteiger partial charge in [-0.05, 0) is 12.8 Å². The van der Waals surface area contributed by atoms with E-state index in [1.54, 1.807) is 0 Å². The van der Waals surface area contributed by atoms with E-state index < -0.39 is 0 Å². The molecule has 13 heavy (non-hydrogen) atoms. The van der Waals surface area contributed by atoms with E-state index in [2.05, 4.69) is 15.2 Å². The first-order valence-corrected chi connectivity index (χ1v) is 4.52. The molecule has 5 nitrogen and oxygen atoms in total. The molecule has 1 aliphatic rings. The highest BCUT2D eigenvalue weighted by molar-refractivity contribution is 5.76. The molecule has 0 radical (unpaired) electrons. The normalized spacial score (nSPS) is 20.2. The van der Waals surface area contributed by atoms with Crippen LogP contribution >= 0.6 is 0 Å². The number of nitrogens with two attached hydrogens (primary N) is 1. The van der Waals surface area contributed by atoms with Crippen LogP contribution in [-0.2, 0) is 9.63 Å². The number of nitrogens with zero attached hydrogens (tertiary/aromatic N) is 1. The van der Waals surface area contributed by atoms with Crippen molar-refractivity contribution in [2.45, 2.75) is 18.9 Å². The minimum atomic E-state index is -0.0991. The van der Waals surface area contributed by atoms with Crippen molar-refractivity contribution >= 4 is 5.91 Å². The summed E-state index contributed by atoms with van der Waals surface area (Å²) in [4.78, 5) is 17.7. The molecule has 1 heterocycles. The van der Waals surface area contributed by atoms with Crippen molar-refractivity contribution in [3.8, 4) is 0 Å². The number of rotatable bonds is 3. The Labute approximate surface area is 78.2 Å². The molecule has 1 saturated heterocycles. The summed E-state index contributed by atoms with van der Waals surface area (Å²) in [6.07, 6.45) is 1.94. The molecule has 76 valence electrons. The lowest BCUT2D eigenvalue weighted by Crippen LogP contribution is -2.44. The molecule has 0 aromatic heterocycles. The van der Waals surface area contributed by atoms with Crippen molar-refractivity contribution in [3.05, 3.63) is 0 Å². The van der Waals surface area contributed by atoms with Crippen molar-refractivity contribution in [2.75, 3.05) is 26.7 Å². The quantitative estimate of drug-likeness (QED) is 0.561. The summed E-state index contributed by atoms with van der Waals surface area (Å²) in [5.41, 5.74) is 8.03. The van der Waals surface area contributed by atoms with Crippen LogP contribution in [0.5, 0.6) is 0 Å². The number of hydrogen-bond donors (Lipinski definition) is 2. The molecule has 1 amide bonds. The average molecular weight is 187 g/mol. The van der Waals surface area contributed by atoms with E-state index in [9.17, 15) is 4.79 Å². The van der Waals surface area contributed by atoms with Crippen LogP contribution in [0.4, 0.5) is 0 Å². The second-order valence-corrected chi connectivity index (χ2v) is 3.34. The van der Waals surface area contributed by atoms with Gasteiger partial charge in [0.25, 0.3) is 5.91 Å². The zero-order chi connectivity index (χ0) is 9.68. The van der Waals surface area contributed by atoms with Gasteiger partial charge in [0.15, 0.2) is 0 Å². The van der Waals surface area contributed by atoms with Gasteiger partial charge in [0.2, 0.25) is 0 Å². The molecule has 0 spiro atoms. The van der Waals surface area contributed by atoms with Crippen molar-refractivity contribution in [1.29, 1.82) is 0 Å². The predicted molar refractivity (Wildman–Crippen MR) is 48.8 cm³/mol. The molecule has 0 aliphatic carbocycles. The van der Waals surface area contributed by atoms with Crippen molar-refractivity contribution < 1.29 is 9.63 Å². The zero-order valence-electron chi connectivity index (χ0n) is 7.95. The Balaban J connectivity index is 2.18. The summed E-state index contributed by atoms with van der Waals surface area (Å²) in [7, 11) is 1.43. The number of nitrogens with one attached hydrogen (secondary N) is 1. The maximum Gasteiger partial charge on any atom is 0.257 e. The molecule has 0 bridgehead atoms. The first kappa shape index (κ1) is 10.4. The number of hydroxylamine groups is 1. The van der Waals surface area contributed by atoms with E-state index in [0.29, 0.717) is 12.6 Å². The number of carbonyl (C=O) groups excluding carboxylic acids is 1. The lowest BCUT2D eigenvalue weighted by Gasteiger charge is -2.29. The van der Waals surface area contributed by atoms with Crippen LogP contribution < -0.4 is 11.2 Å². The van der Waals surface area contributed by atoms with Gasteiger partial charge in [0.05, 0.1) is 13.7 Å². The van der Waals surface area contributed by atoms with Gasteiger partial charge in [-0.25, -0.2) is 5.48 Å². The molecule has 0 aromatic carbocycles. The van der Waals surface area contributed by atoms with E-state index in [-0.39, 0.29) is 5.91 Å². The van der Waals surface area contributed by atoms with Crippen molar-refractivity contribution in [1.82, 2.24) is 10.4 Å². The molecule has 1 fully saturated rings. The highest BCUT2D eigenvalue weighted by Gasteiger charge is 2.17. The standard InChI is InChI=1S/C8H17N3O2/c1-13-10-8(12)6-11-4-2-7(9)3-5-11/h7H,2-6,9H2,1H3,(H,10,12). The molecular weight excluding hydrogens is 170 g/mol. The molecule has 0 aromatic rings. The molecular formula is C8H17N3O2. The predicted octanol–water partition coefficient (Wildman–Crippen LogP) is -0.913. The Hall–Kier alpha value is -0.650. The third-order valence-electron chi connectivity index (χ3n) is 2.22. The van der Waals surface area contributed by atoms with Gasteiger partial charge in [0, 0.05) is 19.1 Å². The lowest BCUT2D eigenvalue weighted by molar-refractivity contribution is -0.132. The van der Waals surface area contributed by atoms with Crippen LogP contribution in [0.2, 0.25) is 0 Å². The molecule has 5 heteroatoms. The Kier molecular flexibility index (Phi) is 4.14. The number of hydrogen-bond acceptors (Lipinski definition) is 4. The summed E-state index contributed by atoms with van der Waals surface area (Å²) in [6.45, 7) is 2.21. The SMILES string of the molecule is CONC(=O)CN1CCC(N)CC1. The third-order valence-corrected chi connectivity index (χ3v) is 2.22. The van der Waals surface area contributed by atoms with Crippen LogP contribution in [0.1, 0.15) is 12.8 Å². The average Bonchev–Trinajstić information content (AvgIpc) is 2.09. The Morgan fingerprint density at radius 3 is 2.77 bits per heavy atom. The van der Waals surface area contributed by atoms with E-state index in [1.165, 1.54) is 7.11 Å². The minimum Gasteiger partial charge on any atom is -0.328 e. The molecule has 1 aliphatic heterocycles. The summed E-state index contributed by atoms with van der Waals surface area (Å²) in [5, 5.41) is 0. The lowest BCUT2D eigenvalue weighted by atomic mass is 10.1. The van der Waals surface area contributed by atoms with Gasteiger partial charge in [-0.1, -0.05) is 0 Å². The largest absolute Gasteiger partial charge is 0.328 e. The van der Waals surface area contributed by atoms with Gasteiger partial charge in [0.1, 0.15) is 0 Å². The smallest absolute Gasteiger partial charge is 0.257 e. The van der Waals surface area contributed by atoms with E-state index >= 15 is 0 Å². The van der Waals surface area contributed by atoms with E-state index in [0.717, 1.165) is 25.9 Å². The Morgan fingerprint density at radius 1 is 1.62 bits per heavy atom. The summed E-state index contributed by atoms with van der Waals surface area (Å²) in [5.74, 6) is -0.0991. The number of amides is 1. The Bertz CT molecular complexity index is 167. The van der Waals surface area contributed by atoms with Crippen LogP contribution in [0.25, 0.3) is 0 Å². The Morgan fingerprint density at radius 2 is 2.23 bits per heavy atom. The highest BCUT2D eigenvalue weighted by atomic mass is 16.6. The zero-order valence-corrected chi connectivity index (χ0v) is 7.95. The second kappa shape index (κ2) is 5.16. The van der Waals surface area contributed by atoms with Crippen LogP contribution in [0.3, 0.4) is 0 Å². The van der Waals surface area contributed by atoms with Gasteiger partial charge in [-0.2, -0.15) is 0 Å². The van der Waals surface area contributed by atoms with Crippen LogP contribution in [0, 0.1) is 0 Å². The molecule has 0 unspecified atom stereocenters. The summed E-state index contributed by atoms with van der Waals surface area (Å²) < 4.78 is 0. The second-order valence-electron chi connectivity index (χ2n) is 3.34. The maximum atomic E-state index is 11.1. The fourth-order valence-corrected chi connectivity index (χ4v) is 1.46. The maximum absolute atomic E-state index is 11.1. The number of carbonyl (C=O) groups is 1. The first-order chi connectivity index (χ1) is 6.22. The van der Waals surface area contributed by atoms with Gasteiger partial charge in [-0.3, -0.25) is 14.5 Å². The van der Waals surface area contributed by atoms with Gasteiger partial charge in [-0.15, -0.1) is 0 Å². The molecule has 3 N–H and O–H groups in total. The van der Waals surface area contributed by atoms with Crippen molar-refractivity contribution in [3.63, 3.8) is 0 Å². The third kappa shape index (κ3) is 3.71. The van der Waals surface area contributed by atoms with Crippen LogP contribution in [0.15, 0.2) is 0 Å². The highest BCUT2D eigenvalue weighted by Crippen LogP contribution is 2.06. The summed E-state index contributed by atoms with van der Waals surface area (Å²) >= 11 is 0. The fourth-order valence-electron chi connectivity index (χ4n) is 1.46. The van der Waals surface area contributed by atoms with Gasteiger partial charge >= 0.3 is 0 Å². The van der Waals surface area contributed by atoms with Gasteiger partial charge < -0.3 is 5.73 Å². The molecule has 0 saturated carbocycles. The minimum absolute atomic E-state index is 0.0991. The molecule has 1 rings (SSSR count). The van der Waals surface area contributed by atoms with Crippen molar-refractivity contribution in [2.24, 2.45) is 5.73 Å². The van der Waals surface area contributed by atoms with E-state index in [1.807, 2.05) is 0 Å². The summed E-state index contributed by atoms with van der Waals surface area (Å²) in [6, 6.07) is 0.307. The molecule has 0 atom stereocenters. The number of piperidine rings is 1. The topological polar surface area (TPSA) is 67.6 Å².